The Morgan fingerprint density at radius 1 is 1.19 bits per heavy atom. The largest absolute Gasteiger partial charge is 0.465 e. The number of carboxylic acid groups (broad SMARTS) is 1. The van der Waals surface area contributed by atoms with Crippen molar-refractivity contribution in [3.05, 3.63) is 22.8 Å². The minimum Gasteiger partial charge on any atom is -0.465 e. The Hall–Kier alpha value is -2.46. The maximum absolute atomic E-state index is 12.1. The third kappa shape index (κ3) is 7.32. The van der Waals surface area contributed by atoms with Gasteiger partial charge in [-0.3, -0.25) is 5.32 Å². The van der Waals surface area contributed by atoms with Gasteiger partial charge in [0.2, 0.25) is 0 Å². The van der Waals surface area contributed by atoms with E-state index in [1.165, 1.54) is 6.20 Å². The summed E-state index contributed by atoms with van der Waals surface area (Å²) in [4.78, 5) is 29.6. The summed E-state index contributed by atoms with van der Waals surface area (Å²) >= 11 is 6.31. The number of nitrogens with one attached hydrogen (secondary N) is 1. The number of carbonyl (C=O) groups excluding carboxylic acids is 1. The van der Waals surface area contributed by atoms with Crippen molar-refractivity contribution in [3.63, 3.8) is 0 Å². The molecule has 7 nitrogen and oxygen atoms in total. The van der Waals surface area contributed by atoms with Gasteiger partial charge in [-0.15, -0.1) is 0 Å². The molecule has 2 N–H and O–H groups in total. The zero-order chi connectivity index (χ0) is 23.4. The third-order valence-electron chi connectivity index (χ3n) is 4.91. The molecule has 0 spiro atoms. The summed E-state index contributed by atoms with van der Waals surface area (Å²) in [5.74, 6) is 6.69. The number of pyridine rings is 1. The SMILES string of the molecule is CC(C)(C)OC(=O)Nc1nccc(Cl)c1C#CC1CCC(N(C(=O)O)C(C)(C)C)CC1. The van der Waals surface area contributed by atoms with Crippen molar-refractivity contribution < 1.29 is 19.4 Å². The summed E-state index contributed by atoms with van der Waals surface area (Å²) < 4.78 is 5.28. The molecule has 1 aromatic heterocycles. The lowest BCUT2D eigenvalue weighted by Gasteiger charge is -2.42. The molecule has 0 aliphatic heterocycles. The lowest BCUT2D eigenvalue weighted by Crippen LogP contribution is -2.52. The zero-order valence-corrected chi connectivity index (χ0v) is 19.8. The average molecular weight is 450 g/mol. The Kier molecular flexibility index (Phi) is 7.82. The van der Waals surface area contributed by atoms with Crippen LogP contribution in [0.25, 0.3) is 0 Å². The topological polar surface area (TPSA) is 91.8 Å². The van der Waals surface area contributed by atoms with Crippen LogP contribution in [0.2, 0.25) is 5.02 Å². The van der Waals surface area contributed by atoms with Gasteiger partial charge in [0.1, 0.15) is 5.60 Å². The first-order chi connectivity index (χ1) is 14.3. The molecule has 0 radical (unpaired) electrons. The number of hydrogen-bond acceptors (Lipinski definition) is 4. The lowest BCUT2D eigenvalue weighted by molar-refractivity contribution is 0.0535. The molecule has 1 heterocycles. The predicted octanol–water partition coefficient (Wildman–Crippen LogP) is 5.77. The highest BCUT2D eigenvalue weighted by Gasteiger charge is 2.35. The number of anilines is 1. The van der Waals surface area contributed by atoms with Crippen molar-refractivity contribution in [2.45, 2.75) is 84.4 Å². The molecule has 0 saturated heterocycles. The van der Waals surface area contributed by atoms with Crippen molar-refractivity contribution in [3.8, 4) is 11.8 Å². The molecule has 1 aliphatic rings. The molecule has 31 heavy (non-hydrogen) atoms. The summed E-state index contributed by atoms with van der Waals surface area (Å²) in [5.41, 5.74) is -0.635. The standard InChI is InChI=1S/C23H32ClN3O4/c1-22(2,3)27(21(29)30)16-10-7-15(8-11-16)9-12-17-18(24)13-14-25-19(17)26-20(28)31-23(4,5)6/h13-16H,7-8,10-11H2,1-6H3,(H,29,30)(H,25,26,28). The molecule has 0 unspecified atom stereocenters. The zero-order valence-electron chi connectivity index (χ0n) is 19.1. The Morgan fingerprint density at radius 3 is 2.32 bits per heavy atom. The fraction of sp³-hybridized carbons (Fsp3) is 0.609. The molecule has 1 saturated carbocycles. The quantitative estimate of drug-likeness (QED) is 0.559. The van der Waals surface area contributed by atoms with E-state index in [4.69, 9.17) is 16.3 Å². The van der Waals surface area contributed by atoms with Crippen LogP contribution in [-0.4, -0.2) is 44.4 Å². The van der Waals surface area contributed by atoms with E-state index < -0.39 is 23.3 Å². The summed E-state index contributed by atoms with van der Waals surface area (Å²) in [6, 6.07) is 1.61. The molecule has 1 aromatic rings. The van der Waals surface area contributed by atoms with Crippen molar-refractivity contribution in [1.82, 2.24) is 9.88 Å². The van der Waals surface area contributed by atoms with Gasteiger partial charge in [0.25, 0.3) is 0 Å². The predicted molar refractivity (Wildman–Crippen MR) is 121 cm³/mol. The second-order valence-electron chi connectivity index (χ2n) is 9.74. The minimum atomic E-state index is -0.887. The molecule has 0 atom stereocenters. The van der Waals surface area contributed by atoms with Crippen molar-refractivity contribution in [2.75, 3.05) is 5.32 Å². The van der Waals surface area contributed by atoms with Crippen molar-refractivity contribution >= 4 is 29.6 Å². The van der Waals surface area contributed by atoms with Gasteiger partial charge < -0.3 is 14.7 Å². The van der Waals surface area contributed by atoms with Crippen LogP contribution in [0, 0.1) is 17.8 Å². The Morgan fingerprint density at radius 2 is 1.81 bits per heavy atom. The summed E-state index contributed by atoms with van der Waals surface area (Å²) in [6.07, 6.45) is 3.09. The smallest absolute Gasteiger partial charge is 0.413 e. The second kappa shape index (κ2) is 9.78. The third-order valence-corrected chi connectivity index (χ3v) is 5.23. The van der Waals surface area contributed by atoms with Crippen LogP contribution in [0.4, 0.5) is 15.4 Å². The summed E-state index contributed by atoms with van der Waals surface area (Å²) in [6.45, 7) is 11.1. The van der Waals surface area contributed by atoms with Crippen LogP contribution in [0.1, 0.15) is 72.8 Å². The fourth-order valence-corrected chi connectivity index (χ4v) is 3.89. The normalized spacial score (nSPS) is 19.1. The Labute approximate surface area is 189 Å². The highest BCUT2D eigenvalue weighted by Crippen LogP contribution is 2.31. The van der Waals surface area contributed by atoms with Crippen LogP contribution < -0.4 is 5.32 Å². The van der Waals surface area contributed by atoms with Gasteiger partial charge in [-0.05, 0) is 73.3 Å². The van der Waals surface area contributed by atoms with Crippen LogP contribution >= 0.6 is 11.6 Å². The molecule has 1 aliphatic carbocycles. The molecule has 170 valence electrons. The van der Waals surface area contributed by atoms with Gasteiger partial charge in [0.15, 0.2) is 5.82 Å². The molecular formula is C23H32ClN3O4. The van der Waals surface area contributed by atoms with E-state index >= 15 is 0 Å². The Balaban J connectivity index is 2.10. The highest BCUT2D eigenvalue weighted by atomic mass is 35.5. The van der Waals surface area contributed by atoms with E-state index in [1.807, 2.05) is 20.8 Å². The number of nitrogens with zero attached hydrogens (tertiary/aromatic N) is 2. The monoisotopic (exact) mass is 449 g/mol. The van der Waals surface area contributed by atoms with Crippen LogP contribution in [-0.2, 0) is 4.74 Å². The van der Waals surface area contributed by atoms with Crippen LogP contribution in [0.5, 0.6) is 0 Å². The number of hydrogen-bond donors (Lipinski definition) is 2. The van der Waals surface area contributed by atoms with Gasteiger partial charge >= 0.3 is 12.2 Å². The van der Waals surface area contributed by atoms with Crippen LogP contribution in [0.15, 0.2) is 12.3 Å². The molecule has 8 heteroatoms. The first-order valence-electron chi connectivity index (χ1n) is 10.5. The number of aromatic nitrogens is 1. The first-order valence-corrected chi connectivity index (χ1v) is 10.8. The van der Waals surface area contributed by atoms with E-state index in [9.17, 15) is 14.7 Å². The number of carbonyl (C=O) groups is 2. The molecule has 1 fully saturated rings. The number of amides is 2. The maximum Gasteiger partial charge on any atom is 0.413 e. The Bertz CT molecular complexity index is 870. The van der Waals surface area contributed by atoms with E-state index in [2.05, 4.69) is 22.1 Å². The van der Waals surface area contributed by atoms with Crippen LogP contribution in [0.3, 0.4) is 0 Å². The van der Waals surface area contributed by atoms with Crippen molar-refractivity contribution in [1.29, 1.82) is 0 Å². The fourth-order valence-electron chi connectivity index (χ4n) is 3.70. The van der Waals surface area contributed by atoms with Gasteiger partial charge in [0, 0.05) is 23.7 Å². The molecular weight excluding hydrogens is 418 g/mol. The average Bonchev–Trinajstić information content (AvgIpc) is 2.59. The molecule has 0 aromatic carbocycles. The molecule has 2 amide bonds. The van der Waals surface area contributed by atoms with Gasteiger partial charge in [-0.2, -0.15) is 0 Å². The minimum absolute atomic E-state index is 0.0121. The highest BCUT2D eigenvalue weighted by molar-refractivity contribution is 6.32. The first kappa shape index (κ1) is 24.8. The van der Waals surface area contributed by atoms with Gasteiger partial charge in [-0.25, -0.2) is 14.6 Å². The number of rotatable bonds is 2. The summed E-state index contributed by atoms with van der Waals surface area (Å²) in [7, 11) is 0. The van der Waals surface area contributed by atoms with Gasteiger partial charge in [-0.1, -0.05) is 23.4 Å². The van der Waals surface area contributed by atoms with E-state index in [0.717, 1.165) is 25.7 Å². The lowest BCUT2D eigenvalue weighted by atomic mass is 9.84. The van der Waals surface area contributed by atoms with Crippen molar-refractivity contribution in [2.24, 2.45) is 5.92 Å². The number of ether oxygens (including phenoxy) is 1. The van der Waals surface area contributed by atoms with E-state index in [0.29, 0.717) is 10.6 Å². The summed E-state index contributed by atoms with van der Waals surface area (Å²) in [5, 5.41) is 12.6. The maximum atomic E-state index is 12.1. The molecule has 2 rings (SSSR count). The second-order valence-corrected chi connectivity index (χ2v) is 10.1. The van der Waals surface area contributed by atoms with Gasteiger partial charge in [0.05, 0.1) is 10.6 Å². The van der Waals surface area contributed by atoms with E-state index in [1.54, 1.807) is 31.7 Å². The molecule has 0 bridgehead atoms. The number of halogens is 1. The van der Waals surface area contributed by atoms with E-state index in [-0.39, 0.29) is 17.8 Å².